The van der Waals surface area contributed by atoms with Crippen molar-refractivity contribution in [1.82, 2.24) is 5.32 Å². The Morgan fingerprint density at radius 1 is 1.11 bits per heavy atom. The van der Waals surface area contributed by atoms with E-state index < -0.39 is 15.9 Å². The van der Waals surface area contributed by atoms with E-state index in [2.05, 4.69) is 5.32 Å². The van der Waals surface area contributed by atoms with E-state index in [1.807, 2.05) is 0 Å². The van der Waals surface area contributed by atoms with Crippen molar-refractivity contribution in [3.8, 4) is 0 Å². The summed E-state index contributed by atoms with van der Waals surface area (Å²) in [5.41, 5.74) is 0.673. The maximum Gasteiger partial charge on any atom is 0.265 e. The van der Waals surface area contributed by atoms with Gasteiger partial charge in [0.2, 0.25) is 0 Å². The third-order valence-corrected chi connectivity index (χ3v) is 6.22. The molecule has 1 N–H and O–H groups in total. The van der Waals surface area contributed by atoms with Crippen LogP contribution < -0.4 is 9.62 Å². The molecule has 2 aromatic carbocycles. The predicted octanol–water partition coefficient (Wildman–Crippen LogP) is 3.69. The van der Waals surface area contributed by atoms with Crippen LogP contribution in [0.1, 0.15) is 16.1 Å². The highest BCUT2D eigenvalue weighted by Crippen LogP contribution is 2.28. The second-order valence-electron chi connectivity index (χ2n) is 5.72. The van der Waals surface area contributed by atoms with Crippen LogP contribution in [0.4, 0.5) is 5.69 Å². The smallest absolute Gasteiger partial charge is 0.265 e. The van der Waals surface area contributed by atoms with Gasteiger partial charge in [0, 0.05) is 12.6 Å². The zero-order valence-corrected chi connectivity index (χ0v) is 16.0. The minimum atomic E-state index is -3.93. The maximum absolute atomic E-state index is 13.0. The zero-order valence-electron chi connectivity index (χ0n) is 14.4. The number of carbonyl (C=O) groups excluding carboxylic acids is 1. The van der Waals surface area contributed by atoms with Gasteiger partial charge in [0.05, 0.1) is 23.5 Å². The van der Waals surface area contributed by atoms with Crippen molar-refractivity contribution in [2.45, 2.75) is 11.4 Å². The number of nitrogens with zero attached hydrogens (tertiary/aromatic N) is 1. The Balaban J connectivity index is 1.87. The molecule has 6 nitrogen and oxygen atoms in total. The molecular formula is C19H17ClN2O4S. The van der Waals surface area contributed by atoms with Gasteiger partial charge in [-0.05, 0) is 42.5 Å². The average molecular weight is 405 g/mol. The predicted molar refractivity (Wildman–Crippen MR) is 103 cm³/mol. The second kappa shape index (κ2) is 7.85. The summed E-state index contributed by atoms with van der Waals surface area (Å²) in [4.78, 5) is 12.2. The Bertz CT molecular complexity index is 1030. The first-order valence-electron chi connectivity index (χ1n) is 8.03. The Kier molecular flexibility index (Phi) is 5.53. The molecule has 3 aromatic rings. The molecule has 0 aliphatic heterocycles. The van der Waals surface area contributed by atoms with Crippen LogP contribution in [0.25, 0.3) is 0 Å². The molecule has 0 saturated carbocycles. The Morgan fingerprint density at radius 3 is 2.52 bits per heavy atom. The summed E-state index contributed by atoms with van der Waals surface area (Å²) in [6.45, 7) is 0.195. The average Bonchev–Trinajstić information content (AvgIpc) is 3.20. The largest absolute Gasteiger partial charge is 0.467 e. The van der Waals surface area contributed by atoms with Gasteiger partial charge in [-0.3, -0.25) is 9.10 Å². The summed E-state index contributed by atoms with van der Waals surface area (Å²) in [7, 11) is -2.50. The number of para-hydroxylation sites is 1. The van der Waals surface area contributed by atoms with Gasteiger partial charge in [-0.25, -0.2) is 8.42 Å². The van der Waals surface area contributed by atoms with E-state index in [4.69, 9.17) is 16.0 Å². The minimum absolute atomic E-state index is 0.0420. The summed E-state index contributed by atoms with van der Waals surface area (Å²) in [5.74, 6) is 0.163. The fourth-order valence-corrected chi connectivity index (χ4v) is 4.14. The topological polar surface area (TPSA) is 79.6 Å². The van der Waals surface area contributed by atoms with Crippen molar-refractivity contribution < 1.29 is 17.6 Å². The number of hydrogen-bond donors (Lipinski definition) is 1. The molecule has 1 amide bonds. The van der Waals surface area contributed by atoms with E-state index in [1.165, 1.54) is 31.5 Å². The highest BCUT2D eigenvalue weighted by atomic mass is 35.5. The number of sulfonamides is 1. The van der Waals surface area contributed by atoms with Crippen molar-refractivity contribution in [2.75, 3.05) is 11.4 Å². The first-order valence-corrected chi connectivity index (χ1v) is 9.85. The fraction of sp³-hybridized carbons (Fsp3) is 0.105. The first kappa shape index (κ1) is 19.0. The summed E-state index contributed by atoms with van der Waals surface area (Å²) in [5, 5.41) is 2.72. The highest BCUT2D eigenvalue weighted by Gasteiger charge is 2.25. The van der Waals surface area contributed by atoms with Crippen LogP contribution >= 0.6 is 11.6 Å². The molecular weight excluding hydrogens is 388 g/mol. The Labute approximate surface area is 162 Å². The molecule has 0 radical (unpaired) electrons. The molecule has 0 spiro atoms. The number of halogens is 1. The van der Waals surface area contributed by atoms with E-state index in [-0.39, 0.29) is 22.0 Å². The summed E-state index contributed by atoms with van der Waals surface area (Å²) < 4.78 is 32.2. The van der Waals surface area contributed by atoms with Crippen LogP contribution in [-0.4, -0.2) is 21.4 Å². The standard InChI is InChI=1S/C19H17ClN2O4S/c1-22(15-6-3-2-4-7-15)27(24,25)18-12-14(9-10-17(18)20)19(23)21-13-16-8-5-11-26-16/h2-12H,13H2,1H3,(H,21,23). The van der Waals surface area contributed by atoms with Crippen LogP contribution in [0.5, 0.6) is 0 Å². The molecule has 0 aliphatic rings. The van der Waals surface area contributed by atoms with Crippen molar-refractivity contribution in [1.29, 1.82) is 0 Å². The summed E-state index contributed by atoms with van der Waals surface area (Å²) in [6.07, 6.45) is 1.51. The van der Waals surface area contributed by atoms with Crippen LogP contribution in [0.15, 0.2) is 76.2 Å². The molecule has 0 aliphatic carbocycles. The second-order valence-corrected chi connectivity index (χ2v) is 8.06. The van der Waals surface area contributed by atoms with E-state index in [0.717, 1.165) is 4.31 Å². The number of benzene rings is 2. The van der Waals surface area contributed by atoms with Gasteiger partial charge in [0.25, 0.3) is 15.9 Å². The summed E-state index contributed by atoms with van der Waals surface area (Å²) >= 11 is 6.12. The third kappa shape index (κ3) is 4.15. The lowest BCUT2D eigenvalue weighted by atomic mass is 10.2. The van der Waals surface area contributed by atoms with Crippen LogP contribution in [0.2, 0.25) is 5.02 Å². The molecule has 0 bridgehead atoms. The van der Waals surface area contributed by atoms with E-state index >= 15 is 0 Å². The van der Waals surface area contributed by atoms with Crippen LogP contribution in [-0.2, 0) is 16.6 Å². The number of nitrogens with one attached hydrogen (secondary N) is 1. The van der Waals surface area contributed by atoms with Gasteiger partial charge in [0.15, 0.2) is 0 Å². The number of furan rings is 1. The number of hydrogen-bond acceptors (Lipinski definition) is 4. The van der Waals surface area contributed by atoms with E-state index in [0.29, 0.717) is 11.4 Å². The lowest BCUT2D eigenvalue weighted by molar-refractivity contribution is 0.0948. The van der Waals surface area contributed by atoms with Gasteiger partial charge >= 0.3 is 0 Å². The van der Waals surface area contributed by atoms with Crippen molar-refractivity contribution in [2.24, 2.45) is 0 Å². The maximum atomic E-state index is 13.0. The zero-order chi connectivity index (χ0) is 19.4. The molecule has 140 valence electrons. The van der Waals surface area contributed by atoms with Crippen molar-refractivity contribution in [3.05, 3.63) is 83.3 Å². The molecule has 27 heavy (non-hydrogen) atoms. The van der Waals surface area contributed by atoms with Gasteiger partial charge in [-0.2, -0.15) is 0 Å². The molecule has 1 heterocycles. The van der Waals surface area contributed by atoms with Crippen LogP contribution in [0.3, 0.4) is 0 Å². The van der Waals surface area contributed by atoms with Crippen molar-refractivity contribution >= 4 is 33.2 Å². The van der Waals surface area contributed by atoms with Gasteiger partial charge in [-0.15, -0.1) is 0 Å². The van der Waals surface area contributed by atoms with Crippen LogP contribution in [0, 0.1) is 0 Å². The molecule has 0 atom stereocenters. The highest BCUT2D eigenvalue weighted by molar-refractivity contribution is 7.93. The summed E-state index contributed by atoms with van der Waals surface area (Å²) in [6, 6.07) is 16.2. The van der Waals surface area contributed by atoms with Gasteiger partial charge in [-0.1, -0.05) is 29.8 Å². The van der Waals surface area contributed by atoms with Crippen molar-refractivity contribution in [3.63, 3.8) is 0 Å². The molecule has 0 unspecified atom stereocenters. The molecule has 0 saturated heterocycles. The lowest BCUT2D eigenvalue weighted by Crippen LogP contribution is -2.28. The fourth-order valence-electron chi connectivity index (χ4n) is 2.45. The SMILES string of the molecule is CN(c1ccccc1)S(=O)(=O)c1cc(C(=O)NCc2ccco2)ccc1Cl. The number of anilines is 1. The Hall–Kier alpha value is -2.77. The van der Waals surface area contributed by atoms with Gasteiger partial charge < -0.3 is 9.73 Å². The Morgan fingerprint density at radius 2 is 1.85 bits per heavy atom. The van der Waals surface area contributed by atoms with Gasteiger partial charge in [0.1, 0.15) is 10.7 Å². The van der Waals surface area contributed by atoms with E-state index in [9.17, 15) is 13.2 Å². The normalized spacial score (nSPS) is 11.2. The number of amides is 1. The van der Waals surface area contributed by atoms with E-state index in [1.54, 1.807) is 42.5 Å². The third-order valence-electron chi connectivity index (χ3n) is 3.95. The monoisotopic (exact) mass is 404 g/mol. The minimum Gasteiger partial charge on any atom is -0.467 e. The number of rotatable bonds is 6. The quantitative estimate of drug-likeness (QED) is 0.679. The molecule has 1 aromatic heterocycles. The number of carbonyl (C=O) groups is 1. The molecule has 8 heteroatoms. The molecule has 0 fully saturated rings. The lowest BCUT2D eigenvalue weighted by Gasteiger charge is -2.20. The molecule has 3 rings (SSSR count). The first-order chi connectivity index (χ1) is 12.9.